The summed E-state index contributed by atoms with van der Waals surface area (Å²) in [5.74, 6) is -1.33. The largest absolute Gasteiger partial charge is 0.477 e. The van der Waals surface area contributed by atoms with Crippen LogP contribution in [0, 0.1) is 0 Å². The monoisotopic (exact) mass is 469 g/mol. The molecule has 3 aromatic heterocycles. The maximum atomic E-state index is 12.8. The zero-order chi connectivity index (χ0) is 23.0. The predicted octanol–water partition coefficient (Wildman–Crippen LogP) is 4.37. The average Bonchev–Trinajstić information content (AvgIpc) is 2.74. The zero-order valence-electron chi connectivity index (χ0n) is 16.9. The number of hydrogen-bond donors (Lipinski definition) is 2. The Kier molecular flexibility index (Phi) is 5.86. The van der Waals surface area contributed by atoms with Crippen molar-refractivity contribution >= 4 is 40.2 Å². The van der Waals surface area contributed by atoms with E-state index < -0.39 is 11.4 Å². The Balaban J connectivity index is 1.92. The summed E-state index contributed by atoms with van der Waals surface area (Å²) in [6.07, 6.45) is 0.254. The summed E-state index contributed by atoms with van der Waals surface area (Å²) in [5.41, 5.74) is 1.12. The SMILES string of the molecule is CCn1c(Cc2ccc3ccc(=O)[nH]c3n2)cc(=O)c(C(=O)O)c1-c1ccc(Cl)c(Cl)c1. The van der Waals surface area contributed by atoms with Crippen LogP contribution >= 0.6 is 23.2 Å². The first kappa shape index (κ1) is 21.8. The fourth-order valence-electron chi connectivity index (χ4n) is 3.71. The lowest BCUT2D eigenvalue weighted by atomic mass is 10.0. The fourth-order valence-corrected chi connectivity index (χ4v) is 4.01. The molecule has 32 heavy (non-hydrogen) atoms. The minimum Gasteiger partial charge on any atom is -0.477 e. The molecule has 4 aromatic rings. The number of hydrogen-bond acceptors (Lipinski definition) is 4. The van der Waals surface area contributed by atoms with Crippen molar-refractivity contribution in [3.05, 3.63) is 96.1 Å². The van der Waals surface area contributed by atoms with E-state index >= 15 is 0 Å². The highest BCUT2D eigenvalue weighted by Gasteiger charge is 2.22. The molecule has 0 radical (unpaired) electrons. The Morgan fingerprint density at radius 2 is 1.81 bits per heavy atom. The van der Waals surface area contributed by atoms with E-state index in [-0.39, 0.29) is 28.3 Å². The van der Waals surface area contributed by atoms with Crippen molar-refractivity contribution in [1.82, 2.24) is 14.5 Å². The van der Waals surface area contributed by atoms with Gasteiger partial charge in [0.05, 0.1) is 15.7 Å². The molecule has 2 N–H and O–H groups in total. The van der Waals surface area contributed by atoms with Crippen LogP contribution in [0.3, 0.4) is 0 Å². The number of rotatable bonds is 5. The second kappa shape index (κ2) is 8.61. The van der Waals surface area contributed by atoms with Crippen molar-refractivity contribution < 1.29 is 9.90 Å². The van der Waals surface area contributed by atoms with Crippen LogP contribution in [0.1, 0.15) is 28.7 Å². The fraction of sp³-hybridized carbons (Fsp3) is 0.130. The van der Waals surface area contributed by atoms with E-state index in [9.17, 15) is 19.5 Å². The number of aromatic nitrogens is 3. The van der Waals surface area contributed by atoms with Crippen LogP contribution in [0.2, 0.25) is 10.0 Å². The molecule has 4 rings (SSSR count). The number of benzene rings is 1. The summed E-state index contributed by atoms with van der Waals surface area (Å²) < 4.78 is 1.75. The van der Waals surface area contributed by atoms with Crippen LogP contribution in [0.15, 0.2) is 58.1 Å². The van der Waals surface area contributed by atoms with Crippen LogP contribution in [0.25, 0.3) is 22.3 Å². The Labute approximate surface area is 191 Å². The van der Waals surface area contributed by atoms with Gasteiger partial charge in [-0.05, 0) is 37.3 Å². The molecule has 0 aliphatic heterocycles. The van der Waals surface area contributed by atoms with Gasteiger partial charge in [-0.25, -0.2) is 9.78 Å². The highest BCUT2D eigenvalue weighted by atomic mass is 35.5. The predicted molar refractivity (Wildman–Crippen MR) is 124 cm³/mol. The van der Waals surface area contributed by atoms with Gasteiger partial charge in [-0.1, -0.05) is 29.3 Å². The van der Waals surface area contributed by atoms with Gasteiger partial charge in [0.1, 0.15) is 11.2 Å². The molecule has 1 aromatic carbocycles. The number of carboxylic acids is 1. The lowest BCUT2D eigenvalue weighted by Crippen LogP contribution is -2.23. The third kappa shape index (κ3) is 4.04. The van der Waals surface area contributed by atoms with Crippen LogP contribution in [0.5, 0.6) is 0 Å². The van der Waals surface area contributed by atoms with Gasteiger partial charge in [0.25, 0.3) is 0 Å². The Bertz CT molecular complexity index is 1490. The molecule has 0 aliphatic rings. The highest BCUT2D eigenvalue weighted by Crippen LogP contribution is 2.31. The molecule has 9 heteroatoms. The highest BCUT2D eigenvalue weighted by molar-refractivity contribution is 6.42. The number of fused-ring (bicyclic) bond motifs is 1. The molecule has 162 valence electrons. The summed E-state index contributed by atoms with van der Waals surface area (Å²) in [4.78, 5) is 43.6. The quantitative estimate of drug-likeness (QED) is 0.451. The van der Waals surface area contributed by atoms with Crippen molar-refractivity contribution in [3.63, 3.8) is 0 Å². The summed E-state index contributed by atoms with van der Waals surface area (Å²) in [6.45, 7) is 2.25. The molecule has 3 heterocycles. The number of nitrogens with zero attached hydrogens (tertiary/aromatic N) is 2. The smallest absolute Gasteiger partial charge is 0.341 e. The maximum Gasteiger partial charge on any atom is 0.341 e. The molecule has 0 saturated heterocycles. The minimum atomic E-state index is -1.33. The molecule has 0 bridgehead atoms. The lowest BCUT2D eigenvalue weighted by molar-refractivity contribution is 0.0695. The third-order valence-corrected chi connectivity index (χ3v) is 5.86. The standard InChI is InChI=1S/C23H17Cl2N3O4/c1-2-28-15(10-14-6-3-12-5-8-19(30)27-22(12)26-14)11-18(29)20(23(31)32)21(28)13-4-7-16(24)17(25)9-13/h3-9,11H,2,10H2,1H3,(H,31,32)(H,26,27,30). The van der Waals surface area contributed by atoms with Crippen LogP contribution in [0.4, 0.5) is 0 Å². The summed E-state index contributed by atoms with van der Waals surface area (Å²) in [7, 11) is 0. The van der Waals surface area contributed by atoms with E-state index in [4.69, 9.17) is 23.2 Å². The van der Waals surface area contributed by atoms with Gasteiger partial charge >= 0.3 is 5.97 Å². The first-order valence-electron chi connectivity index (χ1n) is 9.73. The third-order valence-electron chi connectivity index (χ3n) is 5.12. The molecule has 0 aliphatic carbocycles. The average molecular weight is 470 g/mol. The van der Waals surface area contributed by atoms with Crippen LogP contribution in [-0.2, 0) is 13.0 Å². The van der Waals surface area contributed by atoms with Gasteiger partial charge in [0.2, 0.25) is 5.56 Å². The van der Waals surface area contributed by atoms with Gasteiger partial charge in [-0.15, -0.1) is 0 Å². The minimum absolute atomic E-state index is 0.246. The van der Waals surface area contributed by atoms with Gasteiger partial charge in [0, 0.05) is 47.4 Å². The number of aromatic carboxylic acids is 1. The summed E-state index contributed by atoms with van der Waals surface area (Å²) in [5, 5.41) is 11.1. The Morgan fingerprint density at radius 1 is 1.06 bits per heavy atom. The molecule has 0 atom stereocenters. The van der Waals surface area contributed by atoms with E-state index in [1.54, 1.807) is 34.9 Å². The van der Waals surface area contributed by atoms with Crippen LogP contribution < -0.4 is 11.0 Å². The summed E-state index contributed by atoms with van der Waals surface area (Å²) >= 11 is 12.2. The number of H-pyrrole nitrogens is 1. The number of carbonyl (C=O) groups is 1. The number of pyridine rings is 3. The zero-order valence-corrected chi connectivity index (χ0v) is 18.4. The lowest BCUT2D eigenvalue weighted by Gasteiger charge is -2.20. The Morgan fingerprint density at radius 3 is 2.50 bits per heavy atom. The van der Waals surface area contributed by atoms with Gasteiger partial charge < -0.3 is 14.7 Å². The number of aromatic amines is 1. The van der Waals surface area contributed by atoms with E-state index in [0.29, 0.717) is 34.2 Å². The van der Waals surface area contributed by atoms with E-state index in [1.165, 1.54) is 12.1 Å². The molecule has 0 fully saturated rings. The van der Waals surface area contributed by atoms with Crippen LogP contribution in [-0.4, -0.2) is 25.6 Å². The van der Waals surface area contributed by atoms with Crippen molar-refractivity contribution in [2.24, 2.45) is 0 Å². The van der Waals surface area contributed by atoms with Crippen molar-refractivity contribution in [3.8, 4) is 11.3 Å². The van der Waals surface area contributed by atoms with Crippen molar-refractivity contribution in [2.45, 2.75) is 19.9 Å². The topological polar surface area (TPSA) is 105 Å². The molecule has 0 saturated carbocycles. The summed E-state index contributed by atoms with van der Waals surface area (Å²) in [6, 6.07) is 12.8. The molecular formula is C23H17Cl2N3O4. The second-order valence-electron chi connectivity index (χ2n) is 7.14. The number of carboxylic acid groups (broad SMARTS) is 1. The normalized spacial score (nSPS) is 11.1. The maximum absolute atomic E-state index is 12.8. The molecule has 0 amide bonds. The molecule has 0 unspecified atom stereocenters. The molecular weight excluding hydrogens is 453 g/mol. The first-order chi connectivity index (χ1) is 15.3. The Hall–Kier alpha value is -3.42. The molecule has 0 spiro atoms. The molecule has 7 nitrogen and oxygen atoms in total. The van der Waals surface area contributed by atoms with E-state index in [2.05, 4.69) is 9.97 Å². The van der Waals surface area contributed by atoms with Crippen molar-refractivity contribution in [1.29, 1.82) is 0 Å². The van der Waals surface area contributed by atoms with Gasteiger partial charge in [-0.2, -0.15) is 0 Å². The van der Waals surface area contributed by atoms with Gasteiger partial charge in [0.15, 0.2) is 5.43 Å². The second-order valence-corrected chi connectivity index (χ2v) is 7.96. The van der Waals surface area contributed by atoms with E-state index in [1.807, 2.05) is 13.0 Å². The number of nitrogens with one attached hydrogen (secondary N) is 1. The van der Waals surface area contributed by atoms with Crippen molar-refractivity contribution in [2.75, 3.05) is 0 Å². The van der Waals surface area contributed by atoms with Gasteiger partial charge in [-0.3, -0.25) is 9.59 Å². The van der Waals surface area contributed by atoms with E-state index in [0.717, 1.165) is 5.39 Å². The first-order valence-corrected chi connectivity index (χ1v) is 10.5. The number of halogens is 2.